The summed E-state index contributed by atoms with van der Waals surface area (Å²) < 4.78 is 10.5. The Bertz CT molecular complexity index is 604. The minimum atomic E-state index is 0. The number of rotatable bonds is 8. The molecule has 0 radical (unpaired) electrons. The predicted molar refractivity (Wildman–Crippen MR) is 122 cm³/mol. The number of likely N-dealkylation sites (N-methyl/N-ethyl adjacent to an activating group) is 1. The molecule has 0 atom stereocenters. The first-order chi connectivity index (χ1) is 13.1. The highest BCUT2D eigenvalue weighted by Crippen LogP contribution is 2.11. The lowest BCUT2D eigenvalue weighted by atomic mass is 10.2. The zero-order valence-electron chi connectivity index (χ0n) is 16.9. The molecule has 0 aliphatic carbocycles. The van der Waals surface area contributed by atoms with Crippen LogP contribution in [-0.4, -0.2) is 88.8 Å². The maximum atomic E-state index is 11.9. The van der Waals surface area contributed by atoms with E-state index in [1.54, 1.807) is 26.1 Å². The number of hydrogen-bond donors (Lipinski definition) is 2. The molecule has 2 rings (SSSR count). The number of nitrogens with zero attached hydrogens (tertiary/aromatic N) is 3. The molecule has 158 valence electrons. The third-order valence-corrected chi connectivity index (χ3v) is 4.31. The molecule has 1 aliphatic rings. The van der Waals surface area contributed by atoms with Crippen LogP contribution in [-0.2, 0) is 16.1 Å². The highest BCUT2D eigenvalue weighted by molar-refractivity contribution is 14.0. The number of aliphatic imine (C=N–C) groups is 1. The summed E-state index contributed by atoms with van der Waals surface area (Å²) in [7, 11) is 5.13. The summed E-state index contributed by atoms with van der Waals surface area (Å²) in [5.74, 6) is 1.46. The smallest absolute Gasteiger partial charge is 0.241 e. The van der Waals surface area contributed by atoms with E-state index in [-0.39, 0.29) is 36.4 Å². The highest BCUT2D eigenvalue weighted by atomic mass is 127. The Balaban J connectivity index is 0.00000392. The molecule has 1 saturated heterocycles. The first kappa shape index (κ1) is 24.4. The number of methoxy groups -OCH3 is 1. The van der Waals surface area contributed by atoms with E-state index in [2.05, 4.69) is 20.5 Å². The standard InChI is InChI=1S/C19H31N5O3.HI/c1-23(2)18(25)15-22-19(20-8-9-24-10-12-27-13-11-24)21-14-16-4-6-17(26-3)7-5-16;/h4-7H,8-15H2,1-3H3,(H2,20,21,22);1H. The van der Waals surface area contributed by atoms with Crippen molar-refractivity contribution in [3.63, 3.8) is 0 Å². The zero-order valence-corrected chi connectivity index (χ0v) is 19.3. The fraction of sp³-hybridized carbons (Fsp3) is 0.579. The second-order valence-electron chi connectivity index (χ2n) is 6.54. The van der Waals surface area contributed by atoms with Crippen molar-refractivity contribution in [2.45, 2.75) is 6.54 Å². The Kier molecular flexibility index (Phi) is 11.8. The van der Waals surface area contributed by atoms with E-state index in [0.29, 0.717) is 12.5 Å². The third kappa shape index (κ3) is 9.07. The van der Waals surface area contributed by atoms with Crippen molar-refractivity contribution in [1.82, 2.24) is 20.4 Å². The molecule has 1 fully saturated rings. The van der Waals surface area contributed by atoms with Crippen molar-refractivity contribution in [2.24, 2.45) is 4.99 Å². The third-order valence-electron chi connectivity index (χ3n) is 4.31. The van der Waals surface area contributed by atoms with E-state index < -0.39 is 0 Å². The Morgan fingerprint density at radius 2 is 1.89 bits per heavy atom. The monoisotopic (exact) mass is 505 g/mol. The topological polar surface area (TPSA) is 78.4 Å². The fourth-order valence-electron chi connectivity index (χ4n) is 2.55. The first-order valence-electron chi connectivity index (χ1n) is 9.24. The number of benzene rings is 1. The van der Waals surface area contributed by atoms with Crippen LogP contribution in [0.4, 0.5) is 0 Å². The molecule has 0 aromatic heterocycles. The fourth-order valence-corrected chi connectivity index (χ4v) is 2.55. The first-order valence-corrected chi connectivity index (χ1v) is 9.24. The van der Waals surface area contributed by atoms with Gasteiger partial charge in [-0.2, -0.15) is 0 Å². The number of nitrogens with one attached hydrogen (secondary N) is 2. The van der Waals surface area contributed by atoms with E-state index in [4.69, 9.17) is 9.47 Å². The molecule has 0 spiro atoms. The molecule has 8 nitrogen and oxygen atoms in total. The van der Waals surface area contributed by atoms with E-state index >= 15 is 0 Å². The van der Waals surface area contributed by atoms with Crippen LogP contribution in [0.25, 0.3) is 0 Å². The molecule has 1 aromatic rings. The summed E-state index contributed by atoms with van der Waals surface area (Å²) in [6, 6.07) is 7.80. The minimum Gasteiger partial charge on any atom is -0.497 e. The maximum absolute atomic E-state index is 11.9. The SMILES string of the molecule is COc1ccc(CN=C(NCCN2CCOCC2)NCC(=O)N(C)C)cc1.I. The number of carbonyl (C=O) groups is 1. The zero-order chi connectivity index (χ0) is 19.5. The summed E-state index contributed by atoms with van der Waals surface area (Å²) in [6.45, 7) is 5.87. The van der Waals surface area contributed by atoms with Gasteiger partial charge in [-0.05, 0) is 17.7 Å². The molecule has 0 bridgehead atoms. The van der Waals surface area contributed by atoms with Crippen molar-refractivity contribution >= 4 is 35.8 Å². The second kappa shape index (κ2) is 13.6. The number of hydrogen-bond acceptors (Lipinski definition) is 5. The summed E-state index contributed by atoms with van der Waals surface area (Å²) in [4.78, 5) is 20.4. The quantitative estimate of drug-likeness (QED) is 0.309. The summed E-state index contributed by atoms with van der Waals surface area (Å²) >= 11 is 0. The average molecular weight is 505 g/mol. The van der Waals surface area contributed by atoms with Crippen molar-refractivity contribution in [3.05, 3.63) is 29.8 Å². The van der Waals surface area contributed by atoms with Gasteiger partial charge in [0.1, 0.15) is 5.75 Å². The van der Waals surface area contributed by atoms with Gasteiger partial charge in [0.25, 0.3) is 0 Å². The predicted octanol–water partition coefficient (Wildman–Crippen LogP) is 0.769. The van der Waals surface area contributed by atoms with Gasteiger partial charge >= 0.3 is 0 Å². The normalized spacial score (nSPS) is 14.8. The van der Waals surface area contributed by atoms with Gasteiger partial charge in [-0.1, -0.05) is 12.1 Å². The largest absolute Gasteiger partial charge is 0.497 e. The molecule has 2 N–H and O–H groups in total. The number of morpholine rings is 1. The molecule has 1 aliphatic heterocycles. The Labute approximate surface area is 184 Å². The van der Waals surface area contributed by atoms with Gasteiger partial charge in [0.15, 0.2) is 5.96 Å². The molecule has 1 aromatic carbocycles. The number of ether oxygens (including phenoxy) is 2. The molecular formula is C19H32IN5O3. The molecule has 28 heavy (non-hydrogen) atoms. The average Bonchev–Trinajstić information content (AvgIpc) is 2.70. The molecule has 0 saturated carbocycles. The Hall–Kier alpha value is -1.59. The van der Waals surface area contributed by atoms with Gasteiger partial charge < -0.3 is 25.0 Å². The molecular weight excluding hydrogens is 473 g/mol. The highest BCUT2D eigenvalue weighted by Gasteiger charge is 2.10. The van der Waals surface area contributed by atoms with Gasteiger partial charge in [-0.15, -0.1) is 24.0 Å². The molecule has 1 heterocycles. The van der Waals surface area contributed by atoms with Crippen molar-refractivity contribution in [1.29, 1.82) is 0 Å². The summed E-state index contributed by atoms with van der Waals surface area (Å²) in [5, 5.41) is 6.43. The molecule has 9 heteroatoms. The van der Waals surface area contributed by atoms with Crippen LogP contribution >= 0.6 is 24.0 Å². The lowest BCUT2D eigenvalue weighted by molar-refractivity contribution is -0.127. The van der Waals surface area contributed by atoms with Crippen LogP contribution in [0.3, 0.4) is 0 Å². The molecule has 1 amide bonds. The minimum absolute atomic E-state index is 0. The second-order valence-corrected chi connectivity index (χ2v) is 6.54. The van der Waals surface area contributed by atoms with Gasteiger partial charge in [-0.25, -0.2) is 4.99 Å². The van der Waals surface area contributed by atoms with E-state index in [1.807, 2.05) is 24.3 Å². The van der Waals surface area contributed by atoms with Gasteiger partial charge in [-0.3, -0.25) is 9.69 Å². The lowest BCUT2D eigenvalue weighted by Gasteiger charge is -2.26. The van der Waals surface area contributed by atoms with Crippen LogP contribution in [0.2, 0.25) is 0 Å². The summed E-state index contributed by atoms with van der Waals surface area (Å²) in [5.41, 5.74) is 1.07. The Morgan fingerprint density at radius 1 is 1.21 bits per heavy atom. The van der Waals surface area contributed by atoms with Crippen LogP contribution in [0.5, 0.6) is 5.75 Å². The van der Waals surface area contributed by atoms with Crippen molar-refractivity contribution in [3.8, 4) is 5.75 Å². The lowest BCUT2D eigenvalue weighted by Crippen LogP contribution is -2.46. The van der Waals surface area contributed by atoms with Gasteiger partial charge in [0.05, 0.1) is 33.4 Å². The van der Waals surface area contributed by atoms with Crippen molar-refractivity contribution < 1.29 is 14.3 Å². The van der Waals surface area contributed by atoms with Gasteiger partial charge in [0, 0.05) is 40.3 Å². The summed E-state index contributed by atoms with van der Waals surface area (Å²) in [6.07, 6.45) is 0. The number of carbonyl (C=O) groups excluding carboxylic acids is 1. The number of halogens is 1. The number of guanidine groups is 1. The Morgan fingerprint density at radius 3 is 2.50 bits per heavy atom. The maximum Gasteiger partial charge on any atom is 0.241 e. The van der Waals surface area contributed by atoms with Gasteiger partial charge in [0.2, 0.25) is 5.91 Å². The van der Waals surface area contributed by atoms with Crippen LogP contribution < -0.4 is 15.4 Å². The van der Waals surface area contributed by atoms with Crippen LogP contribution in [0, 0.1) is 0 Å². The van der Waals surface area contributed by atoms with E-state index in [0.717, 1.165) is 50.7 Å². The van der Waals surface area contributed by atoms with Crippen LogP contribution in [0.15, 0.2) is 29.3 Å². The van der Waals surface area contributed by atoms with Crippen molar-refractivity contribution in [2.75, 3.05) is 67.1 Å². The van der Waals surface area contributed by atoms with E-state index in [9.17, 15) is 4.79 Å². The molecule has 0 unspecified atom stereocenters. The van der Waals surface area contributed by atoms with Crippen LogP contribution in [0.1, 0.15) is 5.56 Å². The van der Waals surface area contributed by atoms with E-state index in [1.165, 1.54) is 0 Å². The number of amides is 1.